The molecular weight excluding hydrogens is 182 g/mol. The molecule has 0 saturated carbocycles. The molecular formula is C6H9NO6. The van der Waals surface area contributed by atoms with E-state index in [0.29, 0.717) is 0 Å². The first kappa shape index (κ1) is 11.4. The molecule has 7 heteroatoms. The normalized spacial score (nSPS) is 12.2. The number of aliphatic carboxylic acids is 2. The lowest BCUT2D eigenvalue weighted by Crippen LogP contribution is -2.39. The highest BCUT2D eigenvalue weighted by Crippen LogP contribution is 1.95. The summed E-state index contributed by atoms with van der Waals surface area (Å²) in [4.78, 5) is 31.1. The van der Waals surface area contributed by atoms with E-state index in [-0.39, 0.29) is 0 Å². The predicted molar refractivity (Wildman–Crippen MR) is 38.8 cm³/mol. The van der Waals surface area contributed by atoms with Gasteiger partial charge in [0.1, 0.15) is 6.04 Å². The van der Waals surface area contributed by atoms with Crippen molar-refractivity contribution in [3.63, 3.8) is 0 Å². The minimum absolute atomic E-state index is 1.05. The van der Waals surface area contributed by atoms with Gasteiger partial charge in [-0.2, -0.15) is 0 Å². The SMILES string of the molecule is C[C@H](N)C(=O)OC(C(=O)O)C(=O)O. The number of carboxylic acids is 2. The van der Waals surface area contributed by atoms with Crippen molar-refractivity contribution >= 4 is 17.9 Å². The molecule has 0 aromatic carbocycles. The Hall–Kier alpha value is -1.63. The zero-order valence-corrected chi connectivity index (χ0v) is 6.76. The van der Waals surface area contributed by atoms with E-state index < -0.39 is 30.1 Å². The third-order valence-electron chi connectivity index (χ3n) is 1.05. The molecule has 0 aliphatic carbocycles. The van der Waals surface area contributed by atoms with E-state index >= 15 is 0 Å². The predicted octanol–water partition coefficient (Wildman–Crippen LogP) is -1.59. The largest absolute Gasteiger partial charge is 0.478 e. The standard InChI is InChI=1S/C6H9NO6/c1-2(7)6(12)13-3(4(8)9)5(10)11/h2-3H,7H2,1H3,(H,8,9)(H,10,11)/t2-/m0/s1. The fourth-order valence-corrected chi connectivity index (χ4v) is 0.430. The summed E-state index contributed by atoms with van der Waals surface area (Å²) in [5.41, 5.74) is 5.02. The minimum Gasteiger partial charge on any atom is -0.478 e. The van der Waals surface area contributed by atoms with E-state index in [1.54, 1.807) is 0 Å². The molecule has 7 nitrogen and oxygen atoms in total. The molecule has 0 aliphatic heterocycles. The molecule has 0 unspecified atom stereocenters. The van der Waals surface area contributed by atoms with Gasteiger partial charge in [0.05, 0.1) is 0 Å². The van der Waals surface area contributed by atoms with Crippen molar-refractivity contribution in [3.8, 4) is 0 Å². The summed E-state index contributed by atoms with van der Waals surface area (Å²) in [7, 11) is 0. The summed E-state index contributed by atoms with van der Waals surface area (Å²) in [5.74, 6) is -4.57. The van der Waals surface area contributed by atoms with Crippen molar-refractivity contribution in [2.24, 2.45) is 5.73 Å². The number of nitrogens with two attached hydrogens (primary N) is 1. The molecule has 0 aromatic heterocycles. The van der Waals surface area contributed by atoms with Gasteiger partial charge in [0.2, 0.25) is 0 Å². The highest BCUT2D eigenvalue weighted by Gasteiger charge is 2.30. The summed E-state index contributed by atoms with van der Waals surface area (Å²) in [6.07, 6.45) is -2.20. The Kier molecular flexibility index (Phi) is 3.86. The number of esters is 1. The van der Waals surface area contributed by atoms with Gasteiger partial charge in [-0.3, -0.25) is 4.79 Å². The van der Waals surface area contributed by atoms with E-state index in [9.17, 15) is 14.4 Å². The fraction of sp³-hybridized carbons (Fsp3) is 0.500. The monoisotopic (exact) mass is 191 g/mol. The van der Waals surface area contributed by atoms with Gasteiger partial charge in [-0.05, 0) is 6.92 Å². The maximum atomic E-state index is 10.7. The molecule has 0 fully saturated rings. The smallest absolute Gasteiger partial charge is 0.356 e. The zero-order chi connectivity index (χ0) is 10.6. The molecule has 0 amide bonds. The topological polar surface area (TPSA) is 127 Å². The molecule has 0 bridgehead atoms. The summed E-state index contributed by atoms with van der Waals surface area (Å²) >= 11 is 0. The van der Waals surface area contributed by atoms with Gasteiger partial charge in [-0.25, -0.2) is 9.59 Å². The molecule has 0 rings (SSSR count). The van der Waals surface area contributed by atoms with Crippen LogP contribution in [0.2, 0.25) is 0 Å². The molecule has 0 spiro atoms. The number of hydrogen-bond donors (Lipinski definition) is 3. The number of hydrogen-bond acceptors (Lipinski definition) is 5. The first-order chi connectivity index (χ1) is 5.86. The van der Waals surface area contributed by atoms with Crippen LogP contribution in [-0.4, -0.2) is 40.3 Å². The molecule has 74 valence electrons. The summed E-state index contributed by atoms with van der Waals surface area (Å²) in [6, 6.07) is -1.05. The van der Waals surface area contributed by atoms with E-state index in [1.807, 2.05) is 0 Å². The molecule has 4 N–H and O–H groups in total. The second-order valence-corrected chi connectivity index (χ2v) is 2.28. The van der Waals surface area contributed by atoms with Crippen molar-refractivity contribution in [1.82, 2.24) is 0 Å². The highest BCUT2D eigenvalue weighted by molar-refractivity contribution is 5.98. The minimum atomic E-state index is -2.20. The van der Waals surface area contributed by atoms with Crippen molar-refractivity contribution in [2.45, 2.75) is 19.1 Å². The van der Waals surface area contributed by atoms with Crippen LogP contribution in [0.3, 0.4) is 0 Å². The van der Waals surface area contributed by atoms with E-state index in [0.717, 1.165) is 0 Å². The number of carbonyl (C=O) groups is 3. The Morgan fingerprint density at radius 2 is 1.62 bits per heavy atom. The Morgan fingerprint density at radius 3 is 1.85 bits per heavy atom. The number of rotatable bonds is 4. The Bertz CT molecular complexity index is 221. The van der Waals surface area contributed by atoms with Crippen LogP contribution in [0.5, 0.6) is 0 Å². The van der Waals surface area contributed by atoms with Crippen LogP contribution in [0.25, 0.3) is 0 Å². The van der Waals surface area contributed by atoms with Crippen LogP contribution in [0.15, 0.2) is 0 Å². The van der Waals surface area contributed by atoms with Crippen molar-refractivity contribution in [2.75, 3.05) is 0 Å². The van der Waals surface area contributed by atoms with E-state index in [4.69, 9.17) is 15.9 Å². The number of carboxylic acid groups (broad SMARTS) is 2. The average molecular weight is 191 g/mol. The van der Waals surface area contributed by atoms with Crippen LogP contribution >= 0.6 is 0 Å². The van der Waals surface area contributed by atoms with Gasteiger partial charge in [-0.15, -0.1) is 0 Å². The van der Waals surface area contributed by atoms with Crippen molar-refractivity contribution in [3.05, 3.63) is 0 Å². The van der Waals surface area contributed by atoms with Gasteiger partial charge in [-0.1, -0.05) is 0 Å². The Morgan fingerprint density at radius 1 is 1.23 bits per heavy atom. The number of ether oxygens (including phenoxy) is 1. The van der Waals surface area contributed by atoms with Crippen LogP contribution < -0.4 is 5.73 Å². The maximum absolute atomic E-state index is 10.7. The lowest BCUT2D eigenvalue weighted by molar-refractivity contribution is -0.175. The second kappa shape index (κ2) is 4.41. The summed E-state index contributed by atoms with van der Waals surface area (Å²) in [6.45, 7) is 1.25. The third-order valence-corrected chi connectivity index (χ3v) is 1.05. The van der Waals surface area contributed by atoms with Gasteiger partial charge >= 0.3 is 17.9 Å². The highest BCUT2D eigenvalue weighted by atomic mass is 16.6. The third kappa shape index (κ3) is 3.52. The molecule has 0 saturated heterocycles. The molecule has 0 aliphatic rings. The quantitative estimate of drug-likeness (QED) is 0.361. The summed E-state index contributed by atoms with van der Waals surface area (Å²) in [5, 5.41) is 16.6. The van der Waals surface area contributed by atoms with Crippen LogP contribution in [0.1, 0.15) is 6.92 Å². The van der Waals surface area contributed by atoms with Crippen molar-refractivity contribution < 1.29 is 29.3 Å². The number of carbonyl (C=O) groups excluding carboxylic acids is 1. The molecule has 0 aromatic rings. The zero-order valence-electron chi connectivity index (χ0n) is 6.76. The van der Waals surface area contributed by atoms with Gasteiger partial charge in [0, 0.05) is 0 Å². The Balaban J connectivity index is 4.36. The lowest BCUT2D eigenvalue weighted by Gasteiger charge is -2.10. The summed E-state index contributed by atoms with van der Waals surface area (Å²) < 4.78 is 4.07. The van der Waals surface area contributed by atoms with Gasteiger partial charge in [0.15, 0.2) is 0 Å². The lowest BCUT2D eigenvalue weighted by atomic mass is 10.3. The fourth-order valence-electron chi connectivity index (χ4n) is 0.430. The van der Waals surface area contributed by atoms with Crippen LogP contribution in [0, 0.1) is 0 Å². The van der Waals surface area contributed by atoms with Gasteiger partial charge < -0.3 is 20.7 Å². The van der Waals surface area contributed by atoms with Gasteiger partial charge in [0.25, 0.3) is 6.10 Å². The van der Waals surface area contributed by atoms with Crippen molar-refractivity contribution in [1.29, 1.82) is 0 Å². The first-order valence-corrected chi connectivity index (χ1v) is 3.28. The van der Waals surface area contributed by atoms with Crippen LogP contribution in [-0.2, 0) is 19.1 Å². The molecule has 13 heavy (non-hydrogen) atoms. The average Bonchev–Trinajstić information content (AvgIpc) is 1.97. The molecule has 0 heterocycles. The van der Waals surface area contributed by atoms with E-state index in [1.165, 1.54) is 6.92 Å². The molecule has 1 atom stereocenters. The van der Waals surface area contributed by atoms with Crippen LogP contribution in [0.4, 0.5) is 0 Å². The molecule has 0 radical (unpaired) electrons. The van der Waals surface area contributed by atoms with E-state index in [2.05, 4.69) is 4.74 Å². The maximum Gasteiger partial charge on any atom is 0.356 e. The second-order valence-electron chi connectivity index (χ2n) is 2.28. The Labute approximate surface area is 73.1 Å². The first-order valence-electron chi connectivity index (χ1n) is 3.28.